The standard InChI is InChI=1S/FH.In.O.Sn/h1H;;;. The molecule has 0 spiro atoms. The number of rotatable bonds is 0. The van der Waals surface area contributed by atoms with Gasteiger partial charge in [0.05, 0.1) is 0 Å². The summed E-state index contributed by atoms with van der Waals surface area (Å²) in [5.41, 5.74) is 0. The van der Waals surface area contributed by atoms with Crippen molar-refractivity contribution in [3.05, 3.63) is 0 Å². The van der Waals surface area contributed by atoms with Gasteiger partial charge in [-0.3, -0.25) is 4.70 Å². The quantitative estimate of drug-likeness (QED) is 0.530. The molecule has 0 heterocycles. The predicted molar refractivity (Wildman–Crippen MR) is 14.7 cm³/mol. The van der Waals surface area contributed by atoms with E-state index in [0.29, 0.717) is 22.5 Å². The molecule has 0 aliphatic rings. The van der Waals surface area contributed by atoms with Crippen LogP contribution in [0.3, 0.4) is 0 Å². The summed E-state index contributed by atoms with van der Waals surface area (Å²) in [5, 5.41) is 0. The Labute approximate surface area is 55.8 Å². The normalized spacial score (nSPS) is 1.00. The van der Waals surface area contributed by atoms with E-state index in [0.717, 1.165) is 0 Å². The first-order valence-corrected chi connectivity index (χ1v) is 1.37. The van der Waals surface area contributed by atoms with Crippen molar-refractivity contribution >= 4 is 48.4 Å². The van der Waals surface area contributed by atoms with E-state index >= 15 is 0 Å². The Hall–Kier alpha value is 1.40. The van der Waals surface area contributed by atoms with Crippen molar-refractivity contribution in [2.24, 2.45) is 0 Å². The van der Waals surface area contributed by atoms with Crippen LogP contribution >= 0.6 is 0 Å². The number of halogens is 1. The summed E-state index contributed by atoms with van der Waals surface area (Å²) in [5.74, 6) is 0. The van der Waals surface area contributed by atoms with Gasteiger partial charge in [0.1, 0.15) is 0 Å². The van der Waals surface area contributed by atoms with E-state index in [9.17, 15) is 0 Å². The topological polar surface area (TPSA) is 17.1 Å². The molecular formula is HFInOSn. The van der Waals surface area contributed by atoms with Crippen LogP contribution in [0.25, 0.3) is 0 Å². The van der Waals surface area contributed by atoms with Crippen LogP contribution in [0, 0.1) is 0 Å². The van der Waals surface area contributed by atoms with Crippen LogP contribution in [0.15, 0.2) is 0 Å². The monoisotopic (exact) mass is 271 g/mol. The molecule has 0 aromatic carbocycles. The third-order valence-corrected chi connectivity index (χ3v) is 0. The summed E-state index contributed by atoms with van der Waals surface area (Å²) < 4.78 is 8.34. The molecule has 0 amide bonds. The van der Waals surface area contributed by atoms with Crippen molar-refractivity contribution in [1.29, 1.82) is 0 Å². The van der Waals surface area contributed by atoms with Gasteiger partial charge in [-0.25, -0.2) is 0 Å². The first kappa shape index (κ1) is 18.2. The van der Waals surface area contributed by atoms with Crippen LogP contribution in [-0.2, 0) is 3.08 Å². The van der Waals surface area contributed by atoms with E-state index in [1.165, 1.54) is 0 Å². The Morgan fingerprint density at radius 3 is 1.25 bits per heavy atom. The van der Waals surface area contributed by atoms with Crippen molar-refractivity contribution in [3.8, 4) is 0 Å². The summed E-state index contributed by atoms with van der Waals surface area (Å²) in [7, 11) is 0. The SMILES string of the molecule is F.[In].[O]=[Sn]. The molecule has 0 N–H and O–H groups in total. The molecule has 0 saturated heterocycles. The summed E-state index contributed by atoms with van der Waals surface area (Å²) in [6.07, 6.45) is 0. The second kappa shape index (κ2) is 26.0. The van der Waals surface area contributed by atoms with Crippen molar-refractivity contribution in [2.75, 3.05) is 0 Å². The number of hydrogen-bond donors (Lipinski definition) is 0. The van der Waals surface area contributed by atoms with Crippen LogP contribution in [0.1, 0.15) is 0 Å². The van der Waals surface area contributed by atoms with Gasteiger partial charge in [0.2, 0.25) is 0 Å². The first-order valence-electron chi connectivity index (χ1n) is 0.204. The maximum atomic E-state index is 8.34. The van der Waals surface area contributed by atoms with E-state index in [-0.39, 0.29) is 30.5 Å². The molecule has 5 radical (unpaired) electrons. The zero-order valence-corrected chi connectivity index (χ0v) is 8.04. The van der Waals surface area contributed by atoms with E-state index < -0.39 is 0 Å². The van der Waals surface area contributed by atoms with E-state index in [4.69, 9.17) is 3.08 Å². The van der Waals surface area contributed by atoms with Crippen LogP contribution in [0.4, 0.5) is 4.70 Å². The molecule has 0 aliphatic carbocycles. The third kappa shape index (κ3) is 10.00. The van der Waals surface area contributed by atoms with E-state index in [1.54, 1.807) is 0 Å². The van der Waals surface area contributed by atoms with E-state index in [1.807, 2.05) is 0 Å². The molecule has 0 atom stereocenters. The molecule has 1 nitrogen and oxygen atoms in total. The Morgan fingerprint density at radius 2 is 1.25 bits per heavy atom. The zero-order chi connectivity index (χ0) is 2.00. The fraction of sp³-hybridized carbons (Fsp3) is 0. The summed E-state index contributed by atoms with van der Waals surface area (Å²) in [6.45, 7) is 0. The molecule has 0 bridgehead atoms. The Bertz CT molecular complexity index is 8.00. The third-order valence-electron chi connectivity index (χ3n) is 0. The van der Waals surface area contributed by atoms with Gasteiger partial charge in [-0.15, -0.1) is 0 Å². The Morgan fingerprint density at radius 1 is 1.25 bits per heavy atom. The molecule has 4 heavy (non-hydrogen) atoms. The fourth-order valence-corrected chi connectivity index (χ4v) is 0. The van der Waals surface area contributed by atoms with Crippen molar-refractivity contribution in [2.45, 2.75) is 0 Å². The molecule has 0 rings (SSSR count). The summed E-state index contributed by atoms with van der Waals surface area (Å²) in [4.78, 5) is 0. The van der Waals surface area contributed by atoms with Gasteiger partial charge < -0.3 is 0 Å². The molecule has 0 aliphatic heterocycles. The van der Waals surface area contributed by atoms with Crippen LogP contribution in [0.2, 0.25) is 0 Å². The van der Waals surface area contributed by atoms with Gasteiger partial charge in [-0.1, -0.05) is 0 Å². The van der Waals surface area contributed by atoms with Crippen molar-refractivity contribution in [3.63, 3.8) is 0 Å². The van der Waals surface area contributed by atoms with Gasteiger partial charge in [0, 0.05) is 25.8 Å². The first-order chi connectivity index (χ1) is 1.00. The average Bonchev–Trinajstić information content (AvgIpc) is 1.00. The van der Waals surface area contributed by atoms with Crippen LogP contribution in [0.5, 0.6) is 0 Å². The minimum atomic E-state index is 0. The molecule has 4 heteroatoms. The molecule has 0 aromatic heterocycles. The molecular weight excluding hydrogens is 269 g/mol. The number of hydrogen-bond acceptors (Lipinski definition) is 1. The van der Waals surface area contributed by atoms with Gasteiger partial charge in [-0.2, -0.15) is 0 Å². The van der Waals surface area contributed by atoms with E-state index in [2.05, 4.69) is 0 Å². The van der Waals surface area contributed by atoms with Crippen LogP contribution in [-0.4, -0.2) is 48.4 Å². The van der Waals surface area contributed by atoms with Crippen molar-refractivity contribution < 1.29 is 7.78 Å². The Balaban J connectivity index is -0.00000000500. The Kier molecular flexibility index (Phi) is 118. The predicted octanol–water partition coefficient (Wildman–Crippen LogP) is -0.728. The molecule has 0 aromatic rings. The average molecular weight is 270 g/mol. The summed E-state index contributed by atoms with van der Waals surface area (Å²) >= 11 is 0.300. The minimum absolute atomic E-state index is 0. The van der Waals surface area contributed by atoms with Gasteiger partial charge in [-0.05, 0) is 0 Å². The second-order valence-electron chi connectivity index (χ2n) is 0. The maximum absolute atomic E-state index is 8.34. The van der Waals surface area contributed by atoms with Crippen LogP contribution < -0.4 is 0 Å². The van der Waals surface area contributed by atoms with Crippen molar-refractivity contribution in [1.82, 2.24) is 0 Å². The fourth-order valence-electron chi connectivity index (χ4n) is 0. The second-order valence-corrected chi connectivity index (χ2v) is 0. The zero-order valence-electron chi connectivity index (χ0n) is 1.89. The van der Waals surface area contributed by atoms with Gasteiger partial charge in [0.25, 0.3) is 0 Å². The van der Waals surface area contributed by atoms with Gasteiger partial charge >= 0.3 is 25.6 Å². The molecule has 0 unspecified atom stereocenters. The summed E-state index contributed by atoms with van der Waals surface area (Å²) in [6, 6.07) is 0. The van der Waals surface area contributed by atoms with Gasteiger partial charge in [0.15, 0.2) is 0 Å². The molecule has 0 saturated carbocycles. The molecule has 21 valence electrons. The molecule has 0 fully saturated rings.